The summed E-state index contributed by atoms with van der Waals surface area (Å²) in [5.74, 6) is 0. The minimum Gasteiger partial charge on any atom is -0.289 e. The highest BCUT2D eigenvalue weighted by atomic mass is 32.1. The Morgan fingerprint density at radius 1 is 0.967 bits per heavy atom. The van der Waals surface area contributed by atoms with Gasteiger partial charge in [-0.2, -0.15) is 13.2 Å². The van der Waals surface area contributed by atoms with Crippen LogP contribution in [0.1, 0.15) is 32.0 Å². The molecule has 3 aromatic heterocycles. The zero-order chi connectivity index (χ0) is 21.3. The van der Waals surface area contributed by atoms with Gasteiger partial charge in [0.15, 0.2) is 5.69 Å². The van der Waals surface area contributed by atoms with Gasteiger partial charge in [0, 0.05) is 11.8 Å². The van der Waals surface area contributed by atoms with Gasteiger partial charge in [-0.15, -0.1) is 11.3 Å². The molecule has 5 aromatic rings. The van der Waals surface area contributed by atoms with Crippen molar-refractivity contribution < 1.29 is 13.2 Å². The molecule has 0 aliphatic rings. The zero-order valence-corrected chi connectivity index (χ0v) is 17.4. The Morgan fingerprint density at radius 2 is 1.73 bits per heavy atom. The van der Waals surface area contributed by atoms with E-state index in [9.17, 15) is 13.2 Å². The highest BCUT2D eigenvalue weighted by Gasteiger charge is 2.37. The molecule has 3 heterocycles. The first-order valence-electron chi connectivity index (χ1n) is 9.50. The number of fused-ring (bicyclic) bond motifs is 4. The van der Waals surface area contributed by atoms with Crippen LogP contribution >= 0.6 is 11.3 Å². The van der Waals surface area contributed by atoms with Gasteiger partial charge >= 0.3 is 6.18 Å². The molecule has 0 atom stereocenters. The van der Waals surface area contributed by atoms with Crippen molar-refractivity contribution in [3.05, 3.63) is 66.2 Å². The van der Waals surface area contributed by atoms with Crippen LogP contribution < -0.4 is 0 Å². The number of imidazole rings is 1. The summed E-state index contributed by atoms with van der Waals surface area (Å²) in [6, 6.07) is 14.1. The summed E-state index contributed by atoms with van der Waals surface area (Å²) in [6.07, 6.45) is -1.61. The largest absolute Gasteiger partial charge is 0.436 e. The summed E-state index contributed by atoms with van der Waals surface area (Å²) in [5.41, 5.74) is 2.48. The number of hydrogen-bond donors (Lipinski definition) is 0. The number of halogens is 3. The van der Waals surface area contributed by atoms with Gasteiger partial charge in [-0.3, -0.25) is 9.38 Å². The van der Waals surface area contributed by atoms with Gasteiger partial charge < -0.3 is 0 Å². The van der Waals surface area contributed by atoms with Gasteiger partial charge in [0.2, 0.25) is 0 Å². The summed E-state index contributed by atoms with van der Waals surface area (Å²) in [4.78, 5) is 8.25. The second-order valence-corrected chi connectivity index (χ2v) is 9.37. The smallest absolute Gasteiger partial charge is 0.289 e. The first-order chi connectivity index (χ1) is 14.1. The fourth-order valence-corrected chi connectivity index (χ4v) is 5.14. The Morgan fingerprint density at radius 3 is 2.47 bits per heavy atom. The highest BCUT2D eigenvalue weighted by molar-refractivity contribution is 7.24. The Bertz CT molecular complexity index is 1420. The molecule has 0 saturated carbocycles. The first-order valence-corrected chi connectivity index (χ1v) is 10.3. The van der Waals surface area contributed by atoms with Crippen molar-refractivity contribution in [1.82, 2.24) is 14.4 Å². The molecule has 0 radical (unpaired) electrons. The summed E-state index contributed by atoms with van der Waals surface area (Å²) in [7, 11) is 0. The standard InChI is InChI=1S/C23H18F3N3S/c1-22(2,3)16-11-14(10-13-6-4-5-7-15(13)16)18-19-17(8-9-27-18)29-12-28-20(21(29)30-19)23(24,25)26/h4-12H,1-3H3. The molecule has 7 heteroatoms. The van der Waals surface area contributed by atoms with E-state index in [-0.39, 0.29) is 10.2 Å². The van der Waals surface area contributed by atoms with E-state index < -0.39 is 11.9 Å². The van der Waals surface area contributed by atoms with Gasteiger partial charge in [-0.05, 0) is 39.9 Å². The van der Waals surface area contributed by atoms with E-state index in [1.165, 1.54) is 21.7 Å². The minimum absolute atomic E-state index is 0.0867. The summed E-state index contributed by atoms with van der Waals surface area (Å²) < 4.78 is 42.3. The van der Waals surface area contributed by atoms with E-state index in [1.807, 2.05) is 12.1 Å². The quantitative estimate of drug-likeness (QED) is 0.287. The number of thiazole rings is 1. The molecule has 2 aromatic carbocycles. The molecule has 3 nitrogen and oxygen atoms in total. The molecule has 30 heavy (non-hydrogen) atoms. The van der Waals surface area contributed by atoms with Crippen molar-refractivity contribution in [2.75, 3.05) is 0 Å². The normalized spacial score (nSPS) is 13.0. The maximum absolute atomic E-state index is 13.4. The molecule has 152 valence electrons. The Balaban J connectivity index is 1.83. The van der Waals surface area contributed by atoms with Crippen LogP contribution in [0.25, 0.3) is 37.1 Å². The number of nitrogens with zero attached hydrogens (tertiary/aromatic N) is 3. The second kappa shape index (κ2) is 6.28. The predicted molar refractivity (Wildman–Crippen MR) is 115 cm³/mol. The van der Waals surface area contributed by atoms with E-state index in [0.717, 1.165) is 27.0 Å². The molecule has 0 unspecified atom stereocenters. The fourth-order valence-electron chi connectivity index (χ4n) is 3.90. The van der Waals surface area contributed by atoms with Crippen molar-refractivity contribution >= 4 is 37.2 Å². The van der Waals surface area contributed by atoms with E-state index >= 15 is 0 Å². The maximum atomic E-state index is 13.4. The van der Waals surface area contributed by atoms with Crippen molar-refractivity contribution in [2.45, 2.75) is 32.4 Å². The maximum Gasteiger partial charge on any atom is 0.436 e. The molecular weight excluding hydrogens is 407 g/mol. The van der Waals surface area contributed by atoms with Crippen LogP contribution in [-0.4, -0.2) is 14.4 Å². The number of aromatic nitrogens is 3. The van der Waals surface area contributed by atoms with Crippen molar-refractivity contribution in [2.24, 2.45) is 0 Å². The van der Waals surface area contributed by atoms with Crippen LogP contribution in [0.2, 0.25) is 0 Å². The Hall–Kier alpha value is -2.93. The lowest BCUT2D eigenvalue weighted by molar-refractivity contribution is -0.139. The molecule has 0 bridgehead atoms. The lowest BCUT2D eigenvalue weighted by Gasteiger charge is -2.22. The SMILES string of the molecule is CC(C)(C)c1cc(-c2nccc3c2sc2c(C(F)(F)F)ncn23)cc2ccccc12. The van der Waals surface area contributed by atoms with Gasteiger partial charge in [-0.1, -0.05) is 45.0 Å². The lowest BCUT2D eigenvalue weighted by atomic mass is 9.82. The van der Waals surface area contributed by atoms with Gasteiger partial charge in [0.05, 0.1) is 15.9 Å². The third kappa shape index (κ3) is 2.88. The topological polar surface area (TPSA) is 30.2 Å². The summed E-state index contributed by atoms with van der Waals surface area (Å²) in [5, 5.41) is 2.25. The van der Waals surface area contributed by atoms with Crippen LogP contribution in [0.5, 0.6) is 0 Å². The molecule has 0 fully saturated rings. The summed E-state index contributed by atoms with van der Waals surface area (Å²) in [6.45, 7) is 6.47. The van der Waals surface area contributed by atoms with Gasteiger partial charge in [-0.25, -0.2) is 4.98 Å². The Kier molecular flexibility index (Phi) is 3.99. The number of pyridine rings is 1. The van der Waals surface area contributed by atoms with Crippen LogP contribution in [0.3, 0.4) is 0 Å². The van der Waals surface area contributed by atoms with Crippen molar-refractivity contribution in [1.29, 1.82) is 0 Å². The molecule has 0 amide bonds. The third-order valence-electron chi connectivity index (χ3n) is 5.28. The van der Waals surface area contributed by atoms with Crippen LogP contribution in [-0.2, 0) is 11.6 Å². The van der Waals surface area contributed by atoms with Crippen LogP contribution in [0, 0.1) is 0 Å². The second-order valence-electron chi connectivity index (χ2n) is 8.37. The zero-order valence-electron chi connectivity index (χ0n) is 16.6. The number of hydrogen-bond acceptors (Lipinski definition) is 3. The minimum atomic E-state index is -4.49. The molecule has 5 rings (SSSR count). The van der Waals surface area contributed by atoms with Crippen LogP contribution in [0.4, 0.5) is 13.2 Å². The van der Waals surface area contributed by atoms with E-state index in [0.29, 0.717) is 11.2 Å². The molecular formula is C23H18F3N3S. The number of alkyl halides is 3. The predicted octanol–water partition coefficient (Wildman–Crippen LogP) is 7.08. The molecule has 0 saturated heterocycles. The van der Waals surface area contributed by atoms with Crippen LogP contribution in [0.15, 0.2) is 55.0 Å². The fraction of sp³-hybridized carbons (Fsp3) is 0.217. The first kappa shape index (κ1) is 19.1. The monoisotopic (exact) mass is 425 g/mol. The molecule has 0 N–H and O–H groups in total. The average molecular weight is 425 g/mol. The van der Waals surface area contributed by atoms with E-state index in [2.05, 4.69) is 55.0 Å². The van der Waals surface area contributed by atoms with Crippen molar-refractivity contribution in [3.63, 3.8) is 0 Å². The van der Waals surface area contributed by atoms with Gasteiger partial charge in [0.25, 0.3) is 0 Å². The number of rotatable bonds is 1. The van der Waals surface area contributed by atoms with E-state index in [1.54, 1.807) is 12.3 Å². The van der Waals surface area contributed by atoms with Crippen molar-refractivity contribution in [3.8, 4) is 11.3 Å². The summed E-state index contributed by atoms with van der Waals surface area (Å²) >= 11 is 1.08. The Labute approximate surface area is 174 Å². The third-order valence-corrected chi connectivity index (χ3v) is 6.47. The molecule has 0 aliphatic carbocycles. The number of benzene rings is 2. The average Bonchev–Trinajstić information content (AvgIpc) is 3.25. The molecule has 0 aliphatic heterocycles. The molecule has 0 spiro atoms. The van der Waals surface area contributed by atoms with Gasteiger partial charge in [0.1, 0.15) is 11.2 Å². The highest BCUT2D eigenvalue weighted by Crippen LogP contribution is 2.41. The lowest BCUT2D eigenvalue weighted by Crippen LogP contribution is -2.12. The van der Waals surface area contributed by atoms with E-state index in [4.69, 9.17) is 0 Å².